The van der Waals surface area contributed by atoms with Crippen molar-refractivity contribution in [2.75, 3.05) is 14.2 Å². The van der Waals surface area contributed by atoms with E-state index in [1.807, 2.05) is 60.7 Å². The Morgan fingerprint density at radius 3 is 1.06 bits per heavy atom. The van der Waals surface area contributed by atoms with Crippen LogP contribution < -0.4 is 0 Å². The fourth-order valence-electron chi connectivity index (χ4n) is 1.84. The average molecular weight is 534 g/mol. The van der Waals surface area contributed by atoms with E-state index < -0.39 is 0 Å². The van der Waals surface area contributed by atoms with Gasteiger partial charge in [0.1, 0.15) is 11.5 Å². The van der Waals surface area contributed by atoms with Gasteiger partial charge in [-0.15, -0.1) is 0 Å². The Kier molecular flexibility index (Phi) is 19.0. The minimum absolute atomic E-state index is 0. The Labute approximate surface area is 212 Å². The molecule has 4 aromatic rings. The van der Waals surface area contributed by atoms with Gasteiger partial charge >= 0.3 is 26.2 Å². The summed E-state index contributed by atoms with van der Waals surface area (Å²) >= 11 is 2.55. The summed E-state index contributed by atoms with van der Waals surface area (Å²) in [5.74, 6) is 0.556. The number of aromatic hydroxyl groups is 2. The number of benzene rings is 2. The maximum atomic E-state index is 8.87. The first-order valence-electron chi connectivity index (χ1n) is 8.98. The summed E-state index contributed by atoms with van der Waals surface area (Å²) in [6.45, 7) is 0. The largest absolute Gasteiger partial charge is 2.00 e. The third-order valence-electron chi connectivity index (χ3n) is 3.14. The fraction of sp³-hybridized carbons (Fsp3) is 0.0833. The standard InChI is InChI=1S/2C7H8O2S.2C5H5.Zr/c2*1-9-10-7-4-2-6(8)3-5-7;2*1-2-4-5-3-1;/h2*2-5,8H,1H3;2*1-5H;/q;;2*-1;+2. The van der Waals surface area contributed by atoms with Crippen LogP contribution >= 0.6 is 24.1 Å². The zero-order valence-electron chi connectivity index (χ0n) is 17.4. The Morgan fingerprint density at radius 1 is 0.581 bits per heavy atom. The van der Waals surface area contributed by atoms with E-state index in [1.165, 1.54) is 24.1 Å². The molecule has 0 heterocycles. The molecule has 4 nitrogen and oxygen atoms in total. The van der Waals surface area contributed by atoms with E-state index in [4.69, 9.17) is 18.6 Å². The quantitative estimate of drug-likeness (QED) is 0.220. The molecule has 0 aliphatic rings. The van der Waals surface area contributed by atoms with Crippen molar-refractivity contribution in [2.24, 2.45) is 0 Å². The predicted octanol–water partition coefficient (Wildman–Crippen LogP) is 6.90. The van der Waals surface area contributed by atoms with Crippen molar-refractivity contribution in [3.8, 4) is 11.5 Å². The van der Waals surface area contributed by atoms with Gasteiger partial charge in [-0.25, -0.2) is 24.3 Å². The number of hydrogen-bond acceptors (Lipinski definition) is 6. The molecule has 0 saturated carbocycles. The second-order valence-corrected chi connectivity index (χ2v) is 7.36. The van der Waals surface area contributed by atoms with E-state index >= 15 is 0 Å². The molecule has 0 radical (unpaired) electrons. The first kappa shape index (κ1) is 29.2. The molecule has 0 aromatic heterocycles. The van der Waals surface area contributed by atoms with Crippen LogP contribution in [0.15, 0.2) is 119 Å². The van der Waals surface area contributed by atoms with Crippen molar-refractivity contribution < 1.29 is 44.8 Å². The van der Waals surface area contributed by atoms with Gasteiger partial charge in [0, 0.05) is 33.9 Å². The zero-order chi connectivity index (χ0) is 21.9. The van der Waals surface area contributed by atoms with Crippen LogP contribution in [-0.4, -0.2) is 24.4 Å². The van der Waals surface area contributed by atoms with Gasteiger partial charge in [0.15, 0.2) is 0 Å². The summed E-state index contributed by atoms with van der Waals surface area (Å²) in [5, 5.41) is 17.7. The summed E-state index contributed by atoms with van der Waals surface area (Å²) < 4.78 is 9.61. The monoisotopic (exact) mass is 532 g/mol. The van der Waals surface area contributed by atoms with Crippen LogP contribution in [0.1, 0.15) is 0 Å². The molecule has 162 valence electrons. The molecule has 0 spiro atoms. The predicted molar refractivity (Wildman–Crippen MR) is 126 cm³/mol. The van der Waals surface area contributed by atoms with Crippen LogP contribution in [0.2, 0.25) is 0 Å². The van der Waals surface area contributed by atoms with E-state index in [-0.39, 0.29) is 37.7 Å². The van der Waals surface area contributed by atoms with Crippen molar-refractivity contribution in [1.82, 2.24) is 0 Å². The summed E-state index contributed by atoms with van der Waals surface area (Å²) in [5.41, 5.74) is 0. The Balaban J connectivity index is 0.000000401. The maximum absolute atomic E-state index is 8.87. The molecule has 4 rings (SSSR count). The third-order valence-corrected chi connectivity index (χ3v) is 4.41. The van der Waals surface area contributed by atoms with Gasteiger partial charge in [-0.1, -0.05) is 0 Å². The van der Waals surface area contributed by atoms with E-state index in [1.54, 1.807) is 62.8 Å². The van der Waals surface area contributed by atoms with Crippen LogP contribution in [-0.2, 0) is 34.6 Å². The summed E-state index contributed by atoms with van der Waals surface area (Å²) in [6.07, 6.45) is 0. The van der Waals surface area contributed by atoms with Crippen molar-refractivity contribution in [2.45, 2.75) is 9.79 Å². The number of phenolic OH excluding ortho intramolecular Hbond substituents is 2. The second kappa shape index (κ2) is 20.2. The van der Waals surface area contributed by atoms with Crippen molar-refractivity contribution in [3.63, 3.8) is 0 Å². The molecular weight excluding hydrogens is 508 g/mol. The van der Waals surface area contributed by atoms with Gasteiger partial charge in [-0.3, -0.25) is 0 Å². The molecule has 0 bridgehead atoms. The molecule has 0 aliphatic heterocycles. The summed E-state index contributed by atoms with van der Waals surface area (Å²) in [6, 6.07) is 33.7. The normalized spacial score (nSPS) is 8.84. The smallest absolute Gasteiger partial charge is 0.508 e. The van der Waals surface area contributed by atoms with E-state index in [0.29, 0.717) is 0 Å². The second-order valence-electron chi connectivity index (χ2n) is 5.41. The van der Waals surface area contributed by atoms with Crippen LogP contribution in [0.5, 0.6) is 11.5 Å². The van der Waals surface area contributed by atoms with Crippen LogP contribution in [0.3, 0.4) is 0 Å². The van der Waals surface area contributed by atoms with Gasteiger partial charge in [-0.05, 0) is 48.5 Å². The first-order chi connectivity index (χ1) is 14.7. The molecule has 4 aromatic carbocycles. The van der Waals surface area contributed by atoms with E-state index in [0.717, 1.165) is 9.79 Å². The fourth-order valence-corrected chi connectivity index (χ4v) is 2.72. The number of rotatable bonds is 4. The van der Waals surface area contributed by atoms with Gasteiger partial charge < -0.3 is 18.6 Å². The molecule has 0 unspecified atom stereocenters. The third kappa shape index (κ3) is 16.6. The van der Waals surface area contributed by atoms with Crippen LogP contribution in [0, 0.1) is 0 Å². The molecular formula is C24H26O4S2Zr. The molecule has 0 aliphatic carbocycles. The Morgan fingerprint density at radius 2 is 0.871 bits per heavy atom. The topological polar surface area (TPSA) is 58.9 Å². The van der Waals surface area contributed by atoms with Gasteiger partial charge in [0.25, 0.3) is 0 Å². The van der Waals surface area contributed by atoms with Crippen molar-refractivity contribution >= 4 is 24.1 Å². The minimum Gasteiger partial charge on any atom is -0.508 e. The minimum atomic E-state index is 0. The van der Waals surface area contributed by atoms with Crippen LogP contribution in [0.4, 0.5) is 0 Å². The molecule has 31 heavy (non-hydrogen) atoms. The van der Waals surface area contributed by atoms with E-state index in [2.05, 4.69) is 0 Å². The zero-order valence-corrected chi connectivity index (χ0v) is 21.5. The molecule has 0 atom stereocenters. The van der Waals surface area contributed by atoms with Crippen LogP contribution in [0.25, 0.3) is 0 Å². The number of hydrogen-bond donors (Lipinski definition) is 2. The van der Waals surface area contributed by atoms with Crippen molar-refractivity contribution in [3.05, 3.63) is 109 Å². The van der Waals surface area contributed by atoms with Gasteiger partial charge in [0.2, 0.25) is 0 Å². The molecule has 2 N–H and O–H groups in total. The Bertz CT molecular complexity index is 726. The average Bonchev–Trinajstić information content (AvgIpc) is 3.52. The van der Waals surface area contributed by atoms with Gasteiger partial charge in [0.05, 0.1) is 14.2 Å². The molecule has 0 fully saturated rings. The van der Waals surface area contributed by atoms with Crippen molar-refractivity contribution in [1.29, 1.82) is 0 Å². The SMILES string of the molecule is COSc1ccc(O)cc1.COSc1ccc(O)cc1.[Zr+2].c1cc[cH-]c1.c1cc[cH-]c1. The summed E-state index contributed by atoms with van der Waals surface area (Å²) in [7, 11) is 3.22. The first-order valence-corrected chi connectivity index (χ1v) is 10.5. The molecule has 0 amide bonds. The maximum Gasteiger partial charge on any atom is 2.00 e. The van der Waals surface area contributed by atoms with E-state index in [9.17, 15) is 0 Å². The summed E-state index contributed by atoms with van der Waals surface area (Å²) in [4.78, 5) is 1.97. The molecule has 0 saturated heterocycles. The Hall–Kier alpha value is -1.76. The molecule has 7 heteroatoms. The van der Waals surface area contributed by atoms with Gasteiger partial charge in [-0.2, -0.15) is 36.4 Å². The number of phenols is 2.